The van der Waals surface area contributed by atoms with Crippen molar-refractivity contribution in [2.75, 3.05) is 13.2 Å². The van der Waals surface area contributed by atoms with Gasteiger partial charge in [-0.15, -0.1) is 0 Å². The van der Waals surface area contributed by atoms with Gasteiger partial charge in [-0.25, -0.2) is 8.78 Å². The zero-order valence-corrected chi connectivity index (χ0v) is 8.68. The Hall–Kier alpha value is -0.710. The van der Waals surface area contributed by atoms with Crippen LogP contribution in [0.2, 0.25) is 0 Å². The summed E-state index contributed by atoms with van der Waals surface area (Å²) in [5.74, 6) is -0.276. The largest absolute Gasteiger partial charge is 0.381 e. The molecule has 0 saturated carbocycles. The maximum Gasteiger partial charge on any atom is 0.239 e. The quantitative estimate of drug-likeness (QED) is 0.785. The first-order valence-electron chi connectivity index (χ1n) is 5.33. The molecule has 5 heteroatoms. The zero-order chi connectivity index (χ0) is 11.1. The zero-order valence-electron chi connectivity index (χ0n) is 8.68. The van der Waals surface area contributed by atoms with Crippen LogP contribution in [-0.4, -0.2) is 31.6 Å². The van der Waals surface area contributed by atoms with E-state index in [0.717, 1.165) is 25.9 Å². The van der Waals surface area contributed by atoms with Crippen molar-refractivity contribution in [3.63, 3.8) is 0 Å². The molecule has 0 aromatic rings. The van der Waals surface area contributed by atoms with Gasteiger partial charge in [0.2, 0.25) is 12.3 Å². The number of hydrogen-bond acceptors (Lipinski definition) is 2. The van der Waals surface area contributed by atoms with Crippen molar-refractivity contribution in [2.24, 2.45) is 0 Å². The van der Waals surface area contributed by atoms with E-state index in [-0.39, 0.29) is 24.8 Å². The minimum atomic E-state index is -2.40. The molecule has 0 bridgehead atoms. The number of nitrogens with one attached hydrogen (secondary N) is 1. The molecular formula is C10H17F2NO2. The van der Waals surface area contributed by atoms with Crippen LogP contribution in [-0.2, 0) is 9.53 Å². The lowest BCUT2D eigenvalue weighted by molar-refractivity contribution is -0.122. The molecule has 0 aromatic carbocycles. The molecule has 1 saturated heterocycles. The first-order chi connectivity index (χ1) is 7.18. The first kappa shape index (κ1) is 12.4. The van der Waals surface area contributed by atoms with Crippen molar-refractivity contribution in [3.8, 4) is 0 Å². The second kappa shape index (κ2) is 6.71. The predicted octanol–water partition coefficient (Wildman–Crippen LogP) is 1.72. The van der Waals surface area contributed by atoms with E-state index in [2.05, 4.69) is 5.32 Å². The molecule has 1 N–H and O–H groups in total. The van der Waals surface area contributed by atoms with Gasteiger partial charge in [-0.3, -0.25) is 4.79 Å². The predicted molar refractivity (Wildman–Crippen MR) is 51.8 cm³/mol. The summed E-state index contributed by atoms with van der Waals surface area (Å²) >= 11 is 0. The average Bonchev–Trinajstić information content (AvgIpc) is 2.43. The number of hydrogen-bond donors (Lipinski definition) is 1. The molecule has 0 aliphatic carbocycles. The highest BCUT2D eigenvalue weighted by Crippen LogP contribution is 2.09. The molecule has 0 aromatic heterocycles. The molecule has 1 fully saturated rings. The van der Waals surface area contributed by atoms with Crippen LogP contribution in [0.25, 0.3) is 0 Å². The molecular weight excluding hydrogens is 204 g/mol. The molecule has 1 heterocycles. The molecule has 1 aliphatic rings. The monoisotopic (exact) mass is 221 g/mol. The SMILES string of the molecule is O=C(CCC(F)F)NC1CCCOCC1. The molecule has 1 amide bonds. The fraction of sp³-hybridized carbons (Fsp3) is 0.900. The van der Waals surface area contributed by atoms with Crippen LogP contribution in [0.15, 0.2) is 0 Å². The van der Waals surface area contributed by atoms with Crippen molar-refractivity contribution in [3.05, 3.63) is 0 Å². The summed E-state index contributed by atoms with van der Waals surface area (Å²) in [6.07, 6.45) is -0.265. The van der Waals surface area contributed by atoms with Crippen LogP contribution in [0.1, 0.15) is 32.1 Å². The van der Waals surface area contributed by atoms with Gasteiger partial charge in [0.15, 0.2) is 0 Å². The third-order valence-corrected chi connectivity index (χ3v) is 2.41. The van der Waals surface area contributed by atoms with E-state index < -0.39 is 6.43 Å². The number of alkyl halides is 2. The van der Waals surface area contributed by atoms with Crippen molar-refractivity contribution < 1.29 is 18.3 Å². The third kappa shape index (κ3) is 5.67. The van der Waals surface area contributed by atoms with Crippen LogP contribution in [0.4, 0.5) is 8.78 Å². The van der Waals surface area contributed by atoms with Gasteiger partial charge in [0.1, 0.15) is 0 Å². The van der Waals surface area contributed by atoms with Gasteiger partial charge in [0.05, 0.1) is 0 Å². The molecule has 0 spiro atoms. The molecule has 88 valence electrons. The smallest absolute Gasteiger partial charge is 0.239 e. The van der Waals surface area contributed by atoms with Crippen molar-refractivity contribution in [1.82, 2.24) is 5.32 Å². The molecule has 1 atom stereocenters. The molecule has 3 nitrogen and oxygen atoms in total. The van der Waals surface area contributed by atoms with Gasteiger partial charge in [-0.2, -0.15) is 0 Å². The Labute approximate surface area is 88.2 Å². The Kier molecular flexibility index (Phi) is 5.53. The number of amides is 1. The van der Waals surface area contributed by atoms with Crippen LogP contribution >= 0.6 is 0 Å². The van der Waals surface area contributed by atoms with E-state index in [1.165, 1.54) is 0 Å². The van der Waals surface area contributed by atoms with Gasteiger partial charge in [0, 0.05) is 32.1 Å². The highest BCUT2D eigenvalue weighted by molar-refractivity contribution is 5.76. The summed E-state index contributed by atoms with van der Waals surface area (Å²) in [5, 5.41) is 2.76. The maximum atomic E-state index is 11.8. The van der Waals surface area contributed by atoms with E-state index in [1.54, 1.807) is 0 Å². The van der Waals surface area contributed by atoms with E-state index in [4.69, 9.17) is 4.74 Å². The topological polar surface area (TPSA) is 38.3 Å². The summed E-state index contributed by atoms with van der Waals surface area (Å²) < 4.78 is 28.9. The average molecular weight is 221 g/mol. The van der Waals surface area contributed by atoms with Crippen LogP contribution in [0, 0.1) is 0 Å². The van der Waals surface area contributed by atoms with Crippen molar-refractivity contribution >= 4 is 5.91 Å². The summed E-state index contributed by atoms with van der Waals surface area (Å²) in [5.41, 5.74) is 0. The van der Waals surface area contributed by atoms with Crippen molar-refractivity contribution in [2.45, 2.75) is 44.6 Å². The third-order valence-electron chi connectivity index (χ3n) is 2.41. The van der Waals surface area contributed by atoms with Gasteiger partial charge >= 0.3 is 0 Å². The van der Waals surface area contributed by atoms with Gasteiger partial charge in [0.25, 0.3) is 0 Å². The number of rotatable bonds is 4. The normalized spacial score (nSPS) is 22.5. The number of ether oxygens (including phenoxy) is 1. The van der Waals surface area contributed by atoms with E-state index in [1.807, 2.05) is 0 Å². The van der Waals surface area contributed by atoms with E-state index >= 15 is 0 Å². The van der Waals surface area contributed by atoms with Gasteiger partial charge in [-0.05, 0) is 19.3 Å². The van der Waals surface area contributed by atoms with E-state index in [9.17, 15) is 13.6 Å². The lowest BCUT2D eigenvalue weighted by Gasteiger charge is -2.15. The maximum absolute atomic E-state index is 11.8. The number of carbonyl (C=O) groups is 1. The fourth-order valence-corrected chi connectivity index (χ4v) is 1.59. The molecule has 1 rings (SSSR count). The molecule has 0 radical (unpaired) electrons. The molecule has 15 heavy (non-hydrogen) atoms. The van der Waals surface area contributed by atoms with Crippen LogP contribution < -0.4 is 5.32 Å². The summed E-state index contributed by atoms with van der Waals surface area (Å²) in [6, 6.07) is 0.0951. The lowest BCUT2D eigenvalue weighted by atomic mass is 10.1. The summed E-state index contributed by atoms with van der Waals surface area (Å²) in [4.78, 5) is 11.2. The second-order valence-corrected chi connectivity index (χ2v) is 3.74. The number of halogens is 2. The Morgan fingerprint density at radius 3 is 2.93 bits per heavy atom. The minimum Gasteiger partial charge on any atom is -0.381 e. The van der Waals surface area contributed by atoms with Gasteiger partial charge < -0.3 is 10.1 Å². The van der Waals surface area contributed by atoms with Gasteiger partial charge in [-0.1, -0.05) is 0 Å². The Morgan fingerprint density at radius 2 is 2.20 bits per heavy atom. The summed E-state index contributed by atoms with van der Waals surface area (Å²) in [6.45, 7) is 1.36. The first-order valence-corrected chi connectivity index (χ1v) is 5.33. The second-order valence-electron chi connectivity index (χ2n) is 3.74. The lowest BCUT2D eigenvalue weighted by Crippen LogP contribution is -2.35. The van der Waals surface area contributed by atoms with Crippen LogP contribution in [0.3, 0.4) is 0 Å². The van der Waals surface area contributed by atoms with Crippen LogP contribution in [0.5, 0.6) is 0 Å². The standard InChI is InChI=1S/C10H17F2NO2/c11-9(12)3-4-10(14)13-8-2-1-6-15-7-5-8/h8-9H,1-7H2,(H,13,14). The Bertz CT molecular complexity index is 192. The van der Waals surface area contributed by atoms with Crippen molar-refractivity contribution in [1.29, 1.82) is 0 Å². The Balaban J connectivity index is 2.17. The summed E-state index contributed by atoms with van der Waals surface area (Å²) in [7, 11) is 0. The van der Waals surface area contributed by atoms with E-state index in [0.29, 0.717) is 6.61 Å². The molecule has 1 unspecified atom stereocenters. The Morgan fingerprint density at radius 1 is 1.40 bits per heavy atom. The minimum absolute atomic E-state index is 0.0883. The fourth-order valence-electron chi connectivity index (χ4n) is 1.59. The molecule has 1 aliphatic heterocycles. The number of carbonyl (C=O) groups excluding carboxylic acids is 1. The highest BCUT2D eigenvalue weighted by Gasteiger charge is 2.15. The highest BCUT2D eigenvalue weighted by atomic mass is 19.3.